The number of aromatic hydroxyl groups is 1. The number of urea groups is 1. The first-order valence-electron chi connectivity index (χ1n) is 18.6. The maximum atomic E-state index is 17.3. The number of anilines is 1. The quantitative estimate of drug-likeness (QED) is 0.210. The highest BCUT2D eigenvalue weighted by atomic mass is 19.1. The maximum Gasteiger partial charge on any atom is 0.319 e. The van der Waals surface area contributed by atoms with Gasteiger partial charge in [0.2, 0.25) is 5.88 Å². The fraction of sp³-hybridized carbons (Fsp3) is 0.500. The summed E-state index contributed by atoms with van der Waals surface area (Å²) in [7, 11) is 1.43. The molecule has 4 unspecified atom stereocenters. The number of carbonyl (C=O) groups excluding carboxylic acids is 1. The molecule has 2 bridgehead atoms. The molecule has 3 aliphatic heterocycles. The Morgan fingerprint density at radius 1 is 1.08 bits per heavy atom. The van der Waals surface area contributed by atoms with E-state index in [4.69, 9.17) is 20.9 Å². The number of pyridine rings is 1. The minimum absolute atomic E-state index is 0.000409. The number of fused-ring (bicyclic) bond motifs is 5. The highest BCUT2D eigenvalue weighted by Gasteiger charge is 2.51. The average Bonchev–Trinajstić information content (AvgIpc) is 4.01. The number of rotatable bonds is 9. The molecule has 5 fully saturated rings. The van der Waals surface area contributed by atoms with E-state index in [-0.39, 0.29) is 80.3 Å². The second-order valence-electron chi connectivity index (χ2n) is 16.0. The van der Waals surface area contributed by atoms with Crippen LogP contribution in [0.4, 0.5) is 19.4 Å². The number of amides is 2. The van der Waals surface area contributed by atoms with E-state index in [1.807, 2.05) is 18.7 Å². The zero-order valence-electron chi connectivity index (χ0n) is 30.2. The molecule has 2 N–H and O–H groups in total. The molecule has 4 atom stereocenters. The molecule has 2 amide bonds. The van der Waals surface area contributed by atoms with E-state index in [0.29, 0.717) is 30.9 Å². The van der Waals surface area contributed by atoms with E-state index in [1.54, 1.807) is 0 Å². The third-order valence-electron chi connectivity index (χ3n) is 11.9. The van der Waals surface area contributed by atoms with E-state index in [9.17, 15) is 9.90 Å². The largest absolute Gasteiger partial charge is 0.508 e. The lowest BCUT2D eigenvalue weighted by Crippen LogP contribution is -2.59. The number of piperazine rings is 1. The van der Waals surface area contributed by atoms with Gasteiger partial charge in [0.1, 0.15) is 34.0 Å². The van der Waals surface area contributed by atoms with Crippen LogP contribution in [0.1, 0.15) is 51.5 Å². The van der Waals surface area contributed by atoms with E-state index in [0.717, 1.165) is 57.2 Å². The molecule has 2 aromatic carbocycles. The fourth-order valence-electron chi connectivity index (χ4n) is 9.05. The van der Waals surface area contributed by atoms with Crippen LogP contribution in [0.2, 0.25) is 0 Å². The number of carbonyl (C=O) groups is 1. The number of aromatic nitrogens is 3. The van der Waals surface area contributed by atoms with Gasteiger partial charge in [-0.3, -0.25) is 0 Å². The van der Waals surface area contributed by atoms with Gasteiger partial charge in [0.15, 0.2) is 5.82 Å². The number of phenols is 1. The Labute approximate surface area is 306 Å². The van der Waals surface area contributed by atoms with Crippen LogP contribution in [-0.4, -0.2) is 100 Å². The zero-order valence-corrected chi connectivity index (χ0v) is 30.2. The summed E-state index contributed by atoms with van der Waals surface area (Å²) in [6, 6.07) is 5.23. The minimum atomic E-state index is -0.816. The first kappa shape index (κ1) is 33.8. The predicted molar refractivity (Wildman–Crippen MR) is 196 cm³/mol. The topological polar surface area (TPSA) is 116 Å². The van der Waals surface area contributed by atoms with Gasteiger partial charge >= 0.3 is 12.0 Å². The lowest BCUT2D eigenvalue weighted by atomic mass is 9.95. The smallest absolute Gasteiger partial charge is 0.319 e. The van der Waals surface area contributed by atoms with Crippen LogP contribution in [0.25, 0.3) is 32.9 Å². The van der Waals surface area contributed by atoms with Crippen LogP contribution in [0.5, 0.6) is 17.6 Å². The maximum absolute atomic E-state index is 17.3. The molecule has 4 aromatic rings. The predicted octanol–water partition coefficient (Wildman–Crippen LogP) is 5.70. The first-order chi connectivity index (χ1) is 25.5. The number of hydrogen-bond donors (Lipinski definition) is 2. The Kier molecular flexibility index (Phi) is 8.03. The summed E-state index contributed by atoms with van der Waals surface area (Å²) in [5, 5.41) is 14.7. The molecule has 5 heterocycles. The van der Waals surface area contributed by atoms with Crippen LogP contribution in [-0.2, 0) is 0 Å². The fourth-order valence-corrected chi connectivity index (χ4v) is 9.05. The molecule has 2 saturated carbocycles. The Bertz CT molecular complexity index is 2180. The third kappa shape index (κ3) is 5.91. The first-order valence-corrected chi connectivity index (χ1v) is 18.6. The summed E-state index contributed by atoms with van der Waals surface area (Å²) in [4.78, 5) is 34.0. The van der Waals surface area contributed by atoms with Crippen molar-refractivity contribution in [3.63, 3.8) is 0 Å². The Morgan fingerprint density at radius 3 is 2.47 bits per heavy atom. The minimum Gasteiger partial charge on any atom is -0.508 e. The van der Waals surface area contributed by atoms with Gasteiger partial charge < -0.3 is 34.6 Å². The van der Waals surface area contributed by atoms with Crippen LogP contribution >= 0.6 is 0 Å². The number of nitrogens with one attached hydrogen (secondary N) is 1. The van der Waals surface area contributed by atoms with E-state index >= 15 is 8.78 Å². The molecule has 53 heavy (non-hydrogen) atoms. The number of hydrogen-bond acceptors (Lipinski definition) is 9. The summed E-state index contributed by atoms with van der Waals surface area (Å²) < 4.78 is 44.6. The summed E-state index contributed by atoms with van der Waals surface area (Å²) in [6.45, 7) is 8.44. The lowest BCUT2D eigenvalue weighted by molar-refractivity contribution is 0.158. The number of nitrogens with zero attached hydrogens (tertiary/aromatic N) is 6. The van der Waals surface area contributed by atoms with Crippen molar-refractivity contribution in [2.45, 2.75) is 64.1 Å². The molecule has 2 aliphatic carbocycles. The van der Waals surface area contributed by atoms with Crippen molar-refractivity contribution in [1.29, 1.82) is 0 Å². The van der Waals surface area contributed by atoms with Crippen LogP contribution < -0.4 is 19.7 Å². The number of halogens is 2. The van der Waals surface area contributed by atoms with Crippen molar-refractivity contribution in [3.05, 3.63) is 41.5 Å². The van der Waals surface area contributed by atoms with Gasteiger partial charge in [-0.25, -0.2) is 18.6 Å². The Morgan fingerprint density at radius 2 is 1.81 bits per heavy atom. The molecule has 5 aliphatic rings. The summed E-state index contributed by atoms with van der Waals surface area (Å²) in [5.74, 6) is 2.87. The Hall–Kier alpha value is -4.96. The van der Waals surface area contributed by atoms with Gasteiger partial charge in [-0.1, -0.05) is 12.0 Å². The molecule has 13 heteroatoms. The monoisotopic (exact) mass is 723 g/mol. The SMILES string of the molecule is C#Cc1c(F)ccc2cc(O)cc(-c3nc(OC)c4c(N5CC6CCC(C5)N6C(=O)NC(C)C)nc(OCC5(CN6CC7CC7C6)CC5)nc4c3F)c12. The highest BCUT2D eigenvalue weighted by molar-refractivity contribution is 6.04. The van der Waals surface area contributed by atoms with Crippen molar-refractivity contribution >= 4 is 33.5 Å². The highest BCUT2D eigenvalue weighted by Crippen LogP contribution is 2.51. The van der Waals surface area contributed by atoms with Crippen LogP contribution in [0, 0.1) is 41.2 Å². The van der Waals surface area contributed by atoms with Gasteiger partial charge in [0, 0.05) is 55.1 Å². The standard InChI is InChI=1S/C40H43F2N7O4/c1-5-28-30(41)9-6-22-13-27(50)14-29(31(22)28)34-33(42)35-32(37(44-34)52-4)36(48-17-25-7-8-26(18-48)49(25)39(51)43-21(2)3)46-38(45-35)53-20-40(10-11-40)19-47-15-23-12-24(23)16-47/h1,6,9,13-14,21,23-26,50H,7-8,10-12,15-20H2,2-4H3,(H,43,51). The molecule has 2 aromatic heterocycles. The molecule has 9 rings (SSSR count). The average molecular weight is 724 g/mol. The van der Waals surface area contributed by atoms with Crippen molar-refractivity contribution in [3.8, 4) is 41.2 Å². The van der Waals surface area contributed by atoms with E-state index in [1.165, 1.54) is 37.8 Å². The number of likely N-dealkylation sites (tertiary alicyclic amines) is 1. The molecular formula is C40H43F2N7O4. The second kappa shape index (κ2) is 12.6. The summed E-state index contributed by atoms with van der Waals surface area (Å²) >= 11 is 0. The Balaban J connectivity index is 1.15. The van der Waals surface area contributed by atoms with Gasteiger partial charge in [-0.15, -0.1) is 6.42 Å². The second-order valence-corrected chi connectivity index (χ2v) is 16.0. The van der Waals surface area contributed by atoms with Crippen molar-refractivity contribution < 1.29 is 28.2 Å². The van der Waals surface area contributed by atoms with Crippen molar-refractivity contribution in [2.75, 3.05) is 51.3 Å². The van der Waals surface area contributed by atoms with Gasteiger partial charge in [-0.2, -0.15) is 9.97 Å². The molecule has 276 valence electrons. The number of phenolic OH excluding ortho intramolecular Hbond substituents is 1. The third-order valence-corrected chi connectivity index (χ3v) is 11.9. The van der Waals surface area contributed by atoms with E-state index < -0.39 is 11.6 Å². The number of piperidine rings is 1. The van der Waals surface area contributed by atoms with Gasteiger partial charge in [0.25, 0.3) is 0 Å². The van der Waals surface area contributed by atoms with Crippen LogP contribution in [0.15, 0.2) is 24.3 Å². The number of methoxy groups -OCH3 is 1. The van der Waals surface area contributed by atoms with Crippen LogP contribution in [0.3, 0.4) is 0 Å². The number of benzene rings is 2. The normalized spacial score (nSPS) is 24.1. The number of terminal acetylenes is 1. The van der Waals surface area contributed by atoms with Gasteiger partial charge in [-0.05, 0) is 81.4 Å². The molecular weight excluding hydrogens is 680 g/mol. The van der Waals surface area contributed by atoms with E-state index in [2.05, 4.69) is 31.0 Å². The number of ether oxygens (including phenoxy) is 2. The van der Waals surface area contributed by atoms with Gasteiger partial charge in [0.05, 0.1) is 31.4 Å². The molecule has 3 saturated heterocycles. The molecule has 11 nitrogen and oxygen atoms in total. The zero-order chi connectivity index (χ0) is 36.8. The molecule has 0 spiro atoms. The summed E-state index contributed by atoms with van der Waals surface area (Å²) in [5.41, 5.74) is -0.283. The van der Waals surface area contributed by atoms with Crippen molar-refractivity contribution in [2.24, 2.45) is 17.3 Å². The van der Waals surface area contributed by atoms with Crippen molar-refractivity contribution in [1.82, 2.24) is 30.1 Å². The summed E-state index contributed by atoms with van der Waals surface area (Å²) in [6.07, 6.45) is 10.8. The lowest BCUT2D eigenvalue weighted by Gasteiger charge is -2.42. The molecule has 0 radical (unpaired) electrons.